The zero-order valence-corrected chi connectivity index (χ0v) is 8.21. The van der Waals surface area contributed by atoms with Crippen molar-refractivity contribution in [2.24, 2.45) is 0 Å². The van der Waals surface area contributed by atoms with Gasteiger partial charge in [-0.3, -0.25) is 0 Å². The van der Waals surface area contributed by atoms with Crippen LogP contribution in [0.5, 0.6) is 0 Å². The van der Waals surface area contributed by atoms with Gasteiger partial charge in [0.2, 0.25) is 0 Å². The number of nitrogen functional groups attached to an aromatic ring is 1. The second-order valence-electron chi connectivity index (χ2n) is 2.53. The number of nitrogens with two attached hydrogens (primary N) is 1. The first-order valence-corrected chi connectivity index (χ1v) is 4.51. The van der Waals surface area contributed by atoms with E-state index in [1.54, 1.807) is 12.1 Å². The third-order valence-electron chi connectivity index (χ3n) is 1.62. The Balaban J connectivity index is 3.29. The average Bonchev–Trinajstić information content (AvgIpc) is 2.15. The van der Waals surface area contributed by atoms with Crippen LogP contribution in [0.1, 0.15) is 15.9 Å². The van der Waals surface area contributed by atoms with Gasteiger partial charge >= 0.3 is 5.97 Å². The minimum Gasteiger partial charge on any atom is -0.478 e. The fourth-order valence-electron chi connectivity index (χ4n) is 1.02. The number of aromatic carboxylic acids is 1. The van der Waals surface area contributed by atoms with Crippen LogP contribution >= 0.6 is 12.6 Å². The lowest BCUT2D eigenvalue weighted by molar-refractivity contribution is 0.0696. The molecule has 0 amide bonds. The molecular formula is C10H9NO2S. The molecule has 0 radical (unpaired) electrons. The van der Waals surface area contributed by atoms with Crippen molar-refractivity contribution in [1.82, 2.24) is 0 Å². The number of carboxylic acids is 1. The van der Waals surface area contributed by atoms with Crippen LogP contribution in [0.15, 0.2) is 18.2 Å². The third-order valence-corrected chi connectivity index (χ3v) is 1.78. The molecule has 1 rings (SSSR count). The number of carboxylic acid groups (broad SMARTS) is 1. The van der Waals surface area contributed by atoms with E-state index in [0.717, 1.165) is 0 Å². The Morgan fingerprint density at radius 2 is 2.29 bits per heavy atom. The highest BCUT2D eigenvalue weighted by Gasteiger charge is 2.09. The smallest absolute Gasteiger partial charge is 0.337 e. The van der Waals surface area contributed by atoms with Crippen LogP contribution in [-0.2, 0) is 0 Å². The number of hydrogen-bond donors (Lipinski definition) is 3. The Morgan fingerprint density at radius 3 is 2.86 bits per heavy atom. The number of hydrogen-bond acceptors (Lipinski definition) is 3. The number of carbonyl (C=O) groups is 1. The maximum Gasteiger partial charge on any atom is 0.337 e. The highest BCUT2D eigenvalue weighted by atomic mass is 32.1. The lowest BCUT2D eigenvalue weighted by atomic mass is 10.1. The summed E-state index contributed by atoms with van der Waals surface area (Å²) in [4.78, 5) is 10.8. The van der Waals surface area contributed by atoms with E-state index in [-0.39, 0.29) is 5.56 Å². The van der Waals surface area contributed by atoms with Gasteiger partial charge in [0.25, 0.3) is 0 Å². The second kappa shape index (κ2) is 4.58. The van der Waals surface area contributed by atoms with Crippen molar-refractivity contribution < 1.29 is 9.90 Å². The molecule has 0 bridgehead atoms. The monoisotopic (exact) mass is 207 g/mol. The Bertz CT molecular complexity index is 418. The number of benzene rings is 1. The van der Waals surface area contributed by atoms with Gasteiger partial charge in [0.05, 0.1) is 16.9 Å². The Labute approximate surface area is 87.3 Å². The van der Waals surface area contributed by atoms with Crippen LogP contribution in [0, 0.1) is 11.8 Å². The summed E-state index contributed by atoms with van der Waals surface area (Å²) in [6, 6.07) is 4.68. The van der Waals surface area contributed by atoms with Gasteiger partial charge in [0.1, 0.15) is 0 Å². The Hall–Kier alpha value is -1.60. The molecule has 0 saturated carbocycles. The van der Waals surface area contributed by atoms with Crippen LogP contribution in [0.2, 0.25) is 0 Å². The first-order valence-electron chi connectivity index (χ1n) is 3.88. The van der Waals surface area contributed by atoms with E-state index in [9.17, 15) is 4.79 Å². The van der Waals surface area contributed by atoms with E-state index in [1.807, 2.05) is 0 Å². The molecule has 1 aromatic carbocycles. The molecule has 3 N–H and O–H groups in total. The number of thiol groups is 1. The molecule has 0 unspecified atom stereocenters. The van der Waals surface area contributed by atoms with Gasteiger partial charge in [-0.2, -0.15) is 12.6 Å². The van der Waals surface area contributed by atoms with E-state index in [1.165, 1.54) is 6.07 Å². The molecule has 0 spiro atoms. The molecule has 1 aromatic rings. The molecule has 0 atom stereocenters. The Kier molecular flexibility index (Phi) is 3.43. The van der Waals surface area contributed by atoms with Gasteiger partial charge in [-0.05, 0) is 12.1 Å². The lowest BCUT2D eigenvalue weighted by Crippen LogP contribution is -2.03. The zero-order chi connectivity index (χ0) is 10.6. The first-order chi connectivity index (χ1) is 6.66. The van der Waals surface area contributed by atoms with Gasteiger partial charge in [-0.1, -0.05) is 17.9 Å². The summed E-state index contributed by atoms with van der Waals surface area (Å²) >= 11 is 3.91. The van der Waals surface area contributed by atoms with Gasteiger partial charge in [0, 0.05) is 5.69 Å². The molecule has 0 aromatic heterocycles. The van der Waals surface area contributed by atoms with Crippen molar-refractivity contribution in [3.63, 3.8) is 0 Å². The summed E-state index contributed by atoms with van der Waals surface area (Å²) in [6.07, 6.45) is 0. The third kappa shape index (κ3) is 2.21. The maximum atomic E-state index is 10.8. The molecule has 0 aliphatic heterocycles. The summed E-state index contributed by atoms with van der Waals surface area (Å²) < 4.78 is 0. The van der Waals surface area contributed by atoms with E-state index >= 15 is 0 Å². The topological polar surface area (TPSA) is 63.3 Å². The summed E-state index contributed by atoms with van der Waals surface area (Å²) in [5, 5.41) is 8.85. The summed E-state index contributed by atoms with van der Waals surface area (Å²) in [5.74, 6) is 4.69. The molecule has 0 saturated heterocycles. The second-order valence-corrected chi connectivity index (χ2v) is 2.85. The fourth-order valence-corrected chi connectivity index (χ4v) is 1.09. The number of anilines is 1. The minimum atomic E-state index is -1.03. The van der Waals surface area contributed by atoms with E-state index in [0.29, 0.717) is 17.0 Å². The lowest BCUT2D eigenvalue weighted by Gasteiger charge is -2.01. The standard InChI is InChI=1S/C10H9NO2S/c11-9-5-1-3-8(10(12)13)7(9)4-2-6-14/h1,3,5,14H,6,11H2,(H,12,13). The molecule has 72 valence electrons. The molecule has 0 fully saturated rings. The zero-order valence-electron chi connectivity index (χ0n) is 7.32. The highest BCUT2D eigenvalue weighted by Crippen LogP contribution is 2.15. The van der Waals surface area contributed by atoms with Crippen LogP contribution in [0.3, 0.4) is 0 Å². The number of rotatable bonds is 1. The summed E-state index contributed by atoms with van der Waals surface area (Å²) in [5.41, 5.74) is 6.46. The minimum absolute atomic E-state index is 0.124. The SMILES string of the molecule is Nc1cccc(C(=O)O)c1C#CCS. The molecule has 0 aliphatic carbocycles. The Morgan fingerprint density at radius 1 is 1.57 bits per heavy atom. The van der Waals surface area contributed by atoms with E-state index < -0.39 is 5.97 Å². The van der Waals surface area contributed by atoms with Crippen LogP contribution < -0.4 is 5.73 Å². The van der Waals surface area contributed by atoms with Crippen LogP contribution in [0.25, 0.3) is 0 Å². The first kappa shape index (κ1) is 10.5. The molecule has 14 heavy (non-hydrogen) atoms. The van der Waals surface area contributed by atoms with Gasteiger partial charge in [-0.15, -0.1) is 0 Å². The summed E-state index contributed by atoms with van der Waals surface area (Å²) in [7, 11) is 0. The fraction of sp³-hybridized carbons (Fsp3) is 0.100. The van der Waals surface area contributed by atoms with Crippen molar-refractivity contribution in [1.29, 1.82) is 0 Å². The molecule has 0 aliphatic rings. The highest BCUT2D eigenvalue weighted by molar-refractivity contribution is 7.80. The van der Waals surface area contributed by atoms with Crippen molar-refractivity contribution in [3.8, 4) is 11.8 Å². The molecule has 4 heteroatoms. The van der Waals surface area contributed by atoms with E-state index in [4.69, 9.17) is 10.8 Å². The van der Waals surface area contributed by atoms with Crippen molar-refractivity contribution in [3.05, 3.63) is 29.3 Å². The van der Waals surface area contributed by atoms with Crippen molar-refractivity contribution >= 4 is 24.3 Å². The quantitative estimate of drug-likeness (QED) is 0.369. The normalized spacial score (nSPS) is 8.93. The molecule has 0 heterocycles. The largest absolute Gasteiger partial charge is 0.478 e. The molecular weight excluding hydrogens is 198 g/mol. The molecule has 3 nitrogen and oxygen atoms in total. The predicted octanol–water partition coefficient (Wildman–Crippen LogP) is 1.25. The van der Waals surface area contributed by atoms with Gasteiger partial charge in [0.15, 0.2) is 0 Å². The van der Waals surface area contributed by atoms with E-state index in [2.05, 4.69) is 24.5 Å². The van der Waals surface area contributed by atoms with Gasteiger partial charge < -0.3 is 10.8 Å². The summed E-state index contributed by atoms with van der Waals surface area (Å²) in [6.45, 7) is 0. The van der Waals surface area contributed by atoms with Crippen molar-refractivity contribution in [2.45, 2.75) is 0 Å². The van der Waals surface area contributed by atoms with Gasteiger partial charge in [-0.25, -0.2) is 4.79 Å². The predicted molar refractivity (Wildman–Crippen MR) is 58.5 cm³/mol. The van der Waals surface area contributed by atoms with Crippen molar-refractivity contribution in [2.75, 3.05) is 11.5 Å². The maximum absolute atomic E-state index is 10.8. The van der Waals surface area contributed by atoms with Crippen LogP contribution in [0.4, 0.5) is 5.69 Å². The average molecular weight is 207 g/mol. The van der Waals surface area contributed by atoms with Crippen LogP contribution in [-0.4, -0.2) is 16.8 Å².